The minimum Gasteiger partial charge on any atom is -0.428 e. The summed E-state index contributed by atoms with van der Waals surface area (Å²) in [5.41, 5.74) is 5.82. The molecule has 1 aromatic carbocycles. The zero-order valence-electron chi connectivity index (χ0n) is 11.5. The van der Waals surface area contributed by atoms with Gasteiger partial charge in [0.15, 0.2) is 0 Å². The lowest BCUT2D eigenvalue weighted by Gasteiger charge is -2.25. The second kappa shape index (κ2) is 7.82. The van der Waals surface area contributed by atoms with Gasteiger partial charge in [0.05, 0.1) is 12.1 Å². The van der Waals surface area contributed by atoms with Gasteiger partial charge in [-0.05, 0) is 12.0 Å². The second-order valence-corrected chi connectivity index (χ2v) is 4.76. The highest BCUT2D eigenvalue weighted by Gasteiger charge is 2.44. The average Bonchev–Trinajstić information content (AvgIpc) is 2.37. The van der Waals surface area contributed by atoms with Crippen molar-refractivity contribution in [3.63, 3.8) is 0 Å². The lowest BCUT2D eigenvalue weighted by Crippen LogP contribution is -2.35. The molecule has 122 valence electrons. The van der Waals surface area contributed by atoms with Gasteiger partial charge < -0.3 is 15.6 Å². The molecule has 0 saturated carbocycles. The van der Waals surface area contributed by atoms with Gasteiger partial charge in [-0.15, -0.1) is 12.4 Å². The van der Waals surface area contributed by atoms with Crippen molar-refractivity contribution >= 4 is 12.4 Å². The van der Waals surface area contributed by atoms with E-state index < -0.39 is 30.4 Å². The van der Waals surface area contributed by atoms with Crippen molar-refractivity contribution in [3.05, 3.63) is 29.8 Å². The Balaban J connectivity index is 0.00000400. The summed E-state index contributed by atoms with van der Waals surface area (Å²) in [7, 11) is 0. The maximum Gasteiger partial charge on any atom is 0.461 e. The SMILES string of the molecule is CC(C)[C@@H](O)[C@@H](N)c1ccccc1OC(F)(F)C(F)F.Cl. The Hall–Kier alpha value is -1.05. The monoisotopic (exact) mass is 331 g/mol. The van der Waals surface area contributed by atoms with Gasteiger partial charge in [-0.3, -0.25) is 0 Å². The van der Waals surface area contributed by atoms with Gasteiger partial charge in [0.25, 0.3) is 0 Å². The zero-order chi connectivity index (χ0) is 15.5. The van der Waals surface area contributed by atoms with E-state index >= 15 is 0 Å². The van der Waals surface area contributed by atoms with E-state index in [9.17, 15) is 22.7 Å². The van der Waals surface area contributed by atoms with E-state index in [1.165, 1.54) is 18.2 Å². The molecule has 3 N–H and O–H groups in total. The van der Waals surface area contributed by atoms with Crippen molar-refractivity contribution in [2.24, 2.45) is 11.7 Å². The normalized spacial score (nSPS) is 14.8. The number of ether oxygens (including phenoxy) is 1. The number of halogens is 5. The van der Waals surface area contributed by atoms with Crippen molar-refractivity contribution in [2.45, 2.75) is 38.5 Å². The molecular weight excluding hydrogens is 314 g/mol. The van der Waals surface area contributed by atoms with Gasteiger partial charge in [0, 0.05) is 5.56 Å². The molecule has 21 heavy (non-hydrogen) atoms. The van der Waals surface area contributed by atoms with E-state index in [4.69, 9.17) is 5.73 Å². The van der Waals surface area contributed by atoms with Crippen molar-refractivity contribution in [1.82, 2.24) is 0 Å². The molecule has 0 unspecified atom stereocenters. The Morgan fingerprint density at radius 1 is 1.19 bits per heavy atom. The fourth-order valence-corrected chi connectivity index (χ4v) is 1.64. The lowest BCUT2D eigenvalue weighted by molar-refractivity contribution is -0.253. The van der Waals surface area contributed by atoms with Gasteiger partial charge in [-0.2, -0.15) is 17.6 Å². The van der Waals surface area contributed by atoms with Gasteiger partial charge in [-0.1, -0.05) is 32.0 Å². The summed E-state index contributed by atoms with van der Waals surface area (Å²) in [4.78, 5) is 0. The zero-order valence-corrected chi connectivity index (χ0v) is 12.3. The molecule has 0 bridgehead atoms. The van der Waals surface area contributed by atoms with Crippen LogP contribution in [0.5, 0.6) is 5.75 Å². The number of rotatable bonds is 6. The molecule has 0 aliphatic carbocycles. The van der Waals surface area contributed by atoms with Crippen LogP contribution in [0.4, 0.5) is 17.6 Å². The summed E-state index contributed by atoms with van der Waals surface area (Å²) in [6.07, 6.45) is -9.58. The van der Waals surface area contributed by atoms with E-state index in [1.54, 1.807) is 13.8 Å². The highest BCUT2D eigenvalue weighted by molar-refractivity contribution is 5.85. The number of aliphatic hydroxyl groups excluding tert-OH is 1. The minimum atomic E-state index is -4.61. The average molecular weight is 332 g/mol. The lowest BCUT2D eigenvalue weighted by atomic mass is 9.94. The van der Waals surface area contributed by atoms with Crippen LogP contribution in [-0.4, -0.2) is 23.7 Å². The molecule has 3 nitrogen and oxygen atoms in total. The summed E-state index contributed by atoms with van der Waals surface area (Å²) in [6, 6.07) is 4.30. The molecule has 0 amide bonds. The Bertz CT molecular complexity index is 446. The highest BCUT2D eigenvalue weighted by atomic mass is 35.5. The number of benzene rings is 1. The van der Waals surface area contributed by atoms with Crippen molar-refractivity contribution in [1.29, 1.82) is 0 Å². The Kier molecular flexibility index (Phi) is 7.43. The molecule has 8 heteroatoms. The van der Waals surface area contributed by atoms with Gasteiger partial charge >= 0.3 is 12.5 Å². The van der Waals surface area contributed by atoms with Crippen LogP contribution in [0.2, 0.25) is 0 Å². The van der Waals surface area contributed by atoms with Gasteiger partial charge in [-0.25, -0.2) is 0 Å². The van der Waals surface area contributed by atoms with Gasteiger partial charge in [0.1, 0.15) is 5.75 Å². The molecular formula is C13H18ClF4NO2. The third-order valence-corrected chi connectivity index (χ3v) is 2.83. The smallest absolute Gasteiger partial charge is 0.428 e. The number of alkyl halides is 4. The first-order valence-corrected chi connectivity index (χ1v) is 6.04. The first kappa shape index (κ1) is 19.9. The fourth-order valence-electron chi connectivity index (χ4n) is 1.64. The summed E-state index contributed by atoms with van der Waals surface area (Å²) in [5, 5.41) is 9.86. The Morgan fingerprint density at radius 2 is 1.71 bits per heavy atom. The molecule has 1 aromatic rings. The summed E-state index contributed by atoms with van der Waals surface area (Å²) in [6.45, 7) is 3.39. The number of aliphatic hydroxyl groups is 1. The molecule has 2 atom stereocenters. The topological polar surface area (TPSA) is 55.5 Å². The molecule has 1 rings (SSSR count). The molecule has 0 aliphatic rings. The number of para-hydroxylation sites is 1. The Labute approximate surface area is 126 Å². The van der Waals surface area contributed by atoms with Crippen LogP contribution in [0.15, 0.2) is 24.3 Å². The summed E-state index contributed by atoms with van der Waals surface area (Å²) >= 11 is 0. The van der Waals surface area contributed by atoms with Gasteiger partial charge in [0.2, 0.25) is 0 Å². The van der Waals surface area contributed by atoms with Crippen molar-refractivity contribution in [3.8, 4) is 5.75 Å². The van der Waals surface area contributed by atoms with E-state index in [-0.39, 0.29) is 23.9 Å². The summed E-state index contributed by atoms with van der Waals surface area (Å²) < 4.78 is 54.3. The van der Waals surface area contributed by atoms with Crippen LogP contribution in [0.1, 0.15) is 25.5 Å². The standard InChI is InChI=1S/C13H17F4NO2.ClH/c1-7(2)11(19)10(18)8-5-3-4-6-9(8)20-13(16,17)12(14)15;/h3-7,10-12,19H,18H2,1-2H3;1H/t10-,11+;/m0./s1. The van der Waals surface area contributed by atoms with Crippen LogP contribution in [0.3, 0.4) is 0 Å². The van der Waals surface area contributed by atoms with E-state index in [0.29, 0.717) is 0 Å². The highest BCUT2D eigenvalue weighted by Crippen LogP contribution is 2.33. The van der Waals surface area contributed by atoms with Crippen LogP contribution in [-0.2, 0) is 0 Å². The van der Waals surface area contributed by atoms with E-state index in [1.807, 2.05) is 0 Å². The predicted octanol–water partition coefficient (Wildman–Crippen LogP) is 3.36. The second-order valence-electron chi connectivity index (χ2n) is 4.76. The van der Waals surface area contributed by atoms with Crippen LogP contribution >= 0.6 is 12.4 Å². The fraction of sp³-hybridized carbons (Fsp3) is 0.538. The van der Waals surface area contributed by atoms with Crippen molar-refractivity contribution in [2.75, 3.05) is 0 Å². The number of hydrogen-bond acceptors (Lipinski definition) is 3. The third-order valence-electron chi connectivity index (χ3n) is 2.83. The minimum absolute atomic E-state index is 0. The molecule has 0 spiro atoms. The molecule has 0 heterocycles. The summed E-state index contributed by atoms with van der Waals surface area (Å²) in [5.74, 6) is -0.696. The Morgan fingerprint density at radius 3 is 2.19 bits per heavy atom. The molecule has 0 aliphatic heterocycles. The van der Waals surface area contributed by atoms with Crippen LogP contribution in [0, 0.1) is 5.92 Å². The maximum atomic E-state index is 13.0. The van der Waals surface area contributed by atoms with Crippen LogP contribution in [0.25, 0.3) is 0 Å². The first-order chi connectivity index (χ1) is 9.16. The van der Waals surface area contributed by atoms with E-state index in [0.717, 1.165) is 6.07 Å². The number of nitrogens with two attached hydrogens (primary N) is 1. The molecule has 0 aromatic heterocycles. The van der Waals surface area contributed by atoms with Crippen molar-refractivity contribution < 1.29 is 27.4 Å². The third kappa shape index (κ3) is 5.01. The number of hydrogen-bond donors (Lipinski definition) is 2. The first-order valence-electron chi connectivity index (χ1n) is 6.04. The van der Waals surface area contributed by atoms with Crippen LogP contribution < -0.4 is 10.5 Å². The predicted molar refractivity (Wildman–Crippen MR) is 73.0 cm³/mol. The largest absolute Gasteiger partial charge is 0.461 e. The van der Waals surface area contributed by atoms with E-state index in [2.05, 4.69) is 4.74 Å². The molecule has 0 radical (unpaired) electrons. The molecule has 0 saturated heterocycles. The molecule has 0 fully saturated rings. The quantitative estimate of drug-likeness (QED) is 0.786. The maximum absolute atomic E-state index is 13.0.